The molecule has 1 aromatic carbocycles. The van der Waals surface area contributed by atoms with Crippen molar-refractivity contribution in [2.24, 2.45) is 0 Å². The van der Waals surface area contributed by atoms with Crippen molar-refractivity contribution in [3.05, 3.63) is 46.8 Å². The number of anilines is 1. The molecule has 0 saturated carbocycles. The highest BCUT2D eigenvalue weighted by Gasteiger charge is 2.26. The van der Waals surface area contributed by atoms with E-state index in [-0.39, 0.29) is 5.91 Å². The number of nitrogen functional groups attached to an aromatic ring is 1. The second-order valence-electron chi connectivity index (χ2n) is 4.49. The van der Waals surface area contributed by atoms with Crippen molar-refractivity contribution in [2.45, 2.75) is 20.0 Å². The minimum Gasteiger partial charge on any atom is -0.399 e. The van der Waals surface area contributed by atoms with E-state index in [1.54, 1.807) is 11.8 Å². The van der Waals surface area contributed by atoms with Gasteiger partial charge in [0, 0.05) is 18.8 Å². The largest absolute Gasteiger partial charge is 0.399 e. The molecule has 0 aliphatic carbocycles. The van der Waals surface area contributed by atoms with Crippen molar-refractivity contribution in [1.29, 1.82) is 0 Å². The van der Waals surface area contributed by atoms with Gasteiger partial charge >= 0.3 is 0 Å². The summed E-state index contributed by atoms with van der Waals surface area (Å²) in [5.74, 6) is 0.499. The number of nitrogens with zero attached hydrogens (tertiary/aromatic N) is 2. The first-order chi connectivity index (χ1) is 8.65. The van der Waals surface area contributed by atoms with Crippen molar-refractivity contribution in [3.63, 3.8) is 0 Å². The lowest BCUT2D eigenvalue weighted by atomic mass is 10.1. The molecule has 0 radical (unpaired) electrons. The van der Waals surface area contributed by atoms with Crippen LogP contribution in [0.3, 0.4) is 0 Å². The third-order valence-electron chi connectivity index (χ3n) is 3.22. The Morgan fingerprint density at radius 2 is 2.17 bits per heavy atom. The molecule has 0 saturated heterocycles. The Morgan fingerprint density at radius 3 is 2.89 bits per heavy atom. The molecule has 0 spiro atoms. The summed E-state index contributed by atoms with van der Waals surface area (Å²) in [4.78, 5) is 14.0. The smallest absolute Gasteiger partial charge is 0.259 e. The number of carbonyl (C=O) groups excluding carboxylic acids is 1. The van der Waals surface area contributed by atoms with Crippen LogP contribution >= 0.6 is 0 Å². The molecule has 0 fully saturated rings. The molecule has 2 aromatic rings. The van der Waals surface area contributed by atoms with Crippen molar-refractivity contribution in [3.8, 4) is 0 Å². The number of benzene rings is 1. The fourth-order valence-electron chi connectivity index (χ4n) is 2.23. The van der Waals surface area contributed by atoms with Crippen LogP contribution < -0.4 is 5.73 Å². The maximum atomic E-state index is 12.3. The average molecular weight is 243 g/mol. The third-order valence-corrected chi connectivity index (χ3v) is 3.22. The molecule has 2 heterocycles. The summed E-state index contributed by atoms with van der Waals surface area (Å²) >= 11 is 0. The Hall–Kier alpha value is -2.30. The minimum atomic E-state index is -0.0523. The topological polar surface area (TPSA) is 72.4 Å². The lowest BCUT2D eigenvalue weighted by Gasteiger charge is -2.14. The van der Waals surface area contributed by atoms with Gasteiger partial charge in [0.15, 0.2) is 0 Å². The van der Waals surface area contributed by atoms with Gasteiger partial charge in [0.25, 0.3) is 5.91 Å². The summed E-state index contributed by atoms with van der Waals surface area (Å²) in [7, 11) is 0. The lowest BCUT2D eigenvalue weighted by Crippen LogP contribution is -2.25. The Balaban J connectivity index is 1.86. The molecule has 1 aromatic heterocycles. The molecule has 0 bridgehead atoms. The van der Waals surface area contributed by atoms with E-state index in [1.165, 1.54) is 6.20 Å². The maximum Gasteiger partial charge on any atom is 0.259 e. The molecule has 0 atom stereocenters. The molecule has 92 valence electrons. The fraction of sp³-hybridized carbons (Fsp3) is 0.231. The van der Waals surface area contributed by atoms with Crippen LogP contribution in [0.25, 0.3) is 0 Å². The van der Waals surface area contributed by atoms with E-state index in [0.717, 1.165) is 16.8 Å². The molecule has 1 aliphatic rings. The van der Waals surface area contributed by atoms with E-state index in [0.29, 0.717) is 24.4 Å². The van der Waals surface area contributed by atoms with Crippen LogP contribution in [0.4, 0.5) is 5.69 Å². The van der Waals surface area contributed by atoms with Gasteiger partial charge in [0.05, 0.1) is 6.20 Å². The van der Waals surface area contributed by atoms with Gasteiger partial charge in [0.2, 0.25) is 0 Å². The second kappa shape index (κ2) is 3.87. The van der Waals surface area contributed by atoms with Crippen LogP contribution in [0.5, 0.6) is 0 Å². The van der Waals surface area contributed by atoms with Crippen molar-refractivity contribution >= 4 is 11.6 Å². The van der Waals surface area contributed by atoms with Crippen molar-refractivity contribution in [2.75, 3.05) is 5.73 Å². The van der Waals surface area contributed by atoms with Crippen LogP contribution in [0.15, 0.2) is 28.9 Å². The summed E-state index contributed by atoms with van der Waals surface area (Å²) in [6.45, 7) is 2.93. The molecule has 3 rings (SSSR count). The molecule has 1 amide bonds. The lowest BCUT2D eigenvalue weighted by molar-refractivity contribution is 0.0749. The average Bonchev–Trinajstić information content (AvgIpc) is 2.93. The van der Waals surface area contributed by atoms with E-state index in [1.807, 2.05) is 18.2 Å². The zero-order valence-corrected chi connectivity index (χ0v) is 10.0. The van der Waals surface area contributed by atoms with Gasteiger partial charge in [-0.3, -0.25) is 4.79 Å². The van der Waals surface area contributed by atoms with Gasteiger partial charge in [-0.15, -0.1) is 0 Å². The summed E-state index contributed by atoms with van der Waals surface area (Å²) in [6.07, 6.45) is 1.47. The monoisotopic (exact) mass is 243 g/mol. The highest BCUT2D eigenvalue weighted by molar-refractivity contribution is 5.95. The van der Waals surface area contributed by atoms with Crippen LogP contribution in [-0.2, 0) is 13.1 Å². The zero-order chi connectivity index (χ0) is 12.7. The first kappa shape index (κ1) is 10.8. The molecule has 2 N–H and O–H groups in total. The predicted octanol–water partition coefficient (Wildman–Crippen LogP) is 1.72. The van der Waals surface area contributed by atoms with Gasteiger partial charge in [-0.1, -0.05) is 11.2 Å². The van der Waals surface area contributed by atoms with Crippen LogP contribution in [-0.4, -0.2) is 16.0 Å². The fourth-order valence-corrected chi connectivity index (χ4v) is 2.23. The molecule has 0 unspecified atom stereocenters. The number of amides is 1. The summed E-state index contributed by atoms with van der Waals surface area (Å²) in [5.41, 5.74) is 9.25. The van der Waals surface area contributed by atoms with E-state index in [4.69, 9.17) is 10.3 Å². The first-order valence-electron chi connectivity index (χ1n) is 5.73. The Kier molecular flexibility index (Phi) is 2.33. The van der Waals surface area contributed by atoms with Crippen LogP contribution in [0.1, 0.15) is 27.2 Å². The molecular weight excluding hydrogens is 230 g/mol. The number of rotatable bonds is 1. The third kappa shape index (κ3) is 1.64. The summed E-state index contributed by atoms with van der Waals surface area (Å²) in [5, 5.41) is 3.63. The highest BCUT2D eigenvalue weighted by atomic mass is 16.5. The number of hydrogen-bond acceptors (Lipinski definition) is 4. The number of aromatic nitrogens is 1. The highest BCUT2D eigenvalue weighted by Crippen LogP contribution is 2.26. The van der Waals surface area contributed by atoms with E-state index in [2.05, 4.69) is 5.16 Å². The van der Waals surface area contributed by atoms with E-state index >= 15 is 0 Å². The number of carbonyl (C=O) groups is 1. The van der Waals surface area contributed by atoms with Gasteiger partial charge in [0.1, 0.15) is 11.3 Å². The summed E-state index contributed by atoms with van der Waals surface area (Å²) < 4.78 is 4.92. The van der Waals surface area contributed by atoms with Gasteiger partial charge in [-0.25, -0.2) is 0 Å². The molecule has 5 nitrogen and oxygen atoms in total. The first-order valence-corrected chi connectivity index (χ1v) is 5.73. The van der Waals surface area contributed by atoms with Crippen molar-refractivity contribution < 1.29 is 9.32 Å². The van der Waals surface area contributed by atoms with Crippen molar-refractivity contribution in [1.82, 2.24) is 10.1 Å². The number of hydrogen-bond donors (Lipinski definition) is 1. The Bertz CT molecular complexity index is 618. The second-order valence-corrected chi connectivity index (χ2v) is 4.49. The zero-order valence-electron chi connectivity index (χ0n) is 10.0. The Labute approximate surface area is 104 Å². The Morgan fingerprint density at radius 1 is 1.39 bits per heavy atom. The van der Waals surface area contributed by atoms with E-state index < -0.39 is 0 Å². The van der Waals surface area contributed by atoms with Gasteiger partial charge in [-0.05, 0) is 30.2 Å². The molecule has 18 heavy (non-hydrogen) atoms. The maximum absolute atomic E-state index is 12.3. The minimum absolute atomic E-state index is 0.0523. The SMILES string of the molecule is Cc1oncc1C(=O)N1Cc2ccc(N)cc2C1. The predicted molar refractivity (Wildman–Crippen MR) is 65.7 cm³/mol. The number of fused-ring (bicyclic) bond motifs is 1. The van der Waals surface area contributed by atoms with Gasteiger partial charge < -0.3 is 15.2 Å². The molecule has 5 heteroatoms. The van der Waals surface area contributed by atoms with E-state index in [9.17, 15) is 4.79 Å². The normalized spacial score (nSPS) is 13.7. The van der Waals surface area contributed by atoms with Crippen LogP contribution in [0, 0.1) is 6.92 Å². The number of aryl methyl sites for hydroxylation is 1. The summed E-state index contributed by atoms with van der Waals surface area (Å²) in [6, 6.07) is 5.75. The van der Waals surface area contributed by atoms with Crippen LogP contribution in [0.2, 0.25) is 0 Å². The number of nitrogens with two attached hydrogens (primary N) is 1. The standard InChI is InChI=1S/C13H13N3O2/c1-8-12(5-15-18-8)13(17)16-6-9-2-3-11(14)4-10(9)7-16/h2-5H,6-7,14H2,1H3. The van der Waals surface area contributed by atoms with Gasteiger partial charge in [-0.2, -0.15) is 0 Å². The molecular formula is C13H13N3O2. The molecule has 1 aliphatic heterocycles. The quantitative estimate of drug-likeness (QED) is 0.774.